The number of esters is 1. The average Bonchev–Trinajstić information content (AvgIpc) is 3.29. The van der Waals surface area contributed by atoms with Crippen molar-refractivity contribution in [3.63, 3.8) is 0 Å². The number of thioether (sulfide) groups is 1. The van der Waals surface area contributed by atoms with E-state index >= 15 is 0 Å². The van der Waals surface area contributed by atoms with Gasteiger partial charge in [0.2, 0.25) is 0 Å². The van der Waals surface area contributed by atoms with Gasteiger partial charge in [0.05, 0.1) is 24.9 Å². The van der Waals surface area contributed by atoms with E-state index in [1.54, 1.807) is 23.9 Å². The molecule has 8 nitrogen and oxygen atoms in total. The van der Waals surface area contributed by atoms with E-state index in [2.05, 4.69) is 21.9 Å². The lowest BCUT2D eigenvalue weighted by Crippen LogP contribution is -2.45. The molecule has 0 aromatic heterocycles. The molecule has 3 aromatic carbocycles. The molecule has 208 valence electrons. The number of ether oxygens (including phenoxy) is 1. The summed E-state index contributed by atoms with van der Waals surface area (Å²) in [5, 5.41) is 7.31. The van der Waals surface area contributed by atoms with E-state index in [9.17, 15) is 14.4 Å². The first-order chi connectivity index (χ1) is 19.2. The summed E-state index contributed by atoms with van der Waals surface area (Å²) in [5.41, 5.74) is 7.22. The number of hydrogen-bond acceptors (Lipinski definition) is 7. The molecule has 2 N–H and O–H groups in total. The van der Waals surface area contributed by atoms with Crippen LogP contribution < -0.4 is 15.6 Å². The molecule has 0 fully saturated rings. The van der Waals surface area contributed by atoms with E-state index in [-0.39, 0.29) is 5.97 Å². The number of hydrogen-bond donors (Lipinski definition) is 2. The second-order valence-electron chi connectivity index (χ2n) is 10.5. The number of aldehydes is 1. The molecule has 2 amide bonds. The molecular weight excluding hydrogens is 524 g/mol. The molecule has 4 rings (SSSR count). The van der Waals surface area contributed by atoms with Crippen molar-refractivity contribution in [3.8, 4) is 0 Å². The molecule has 0 spiro atoms. The first-order valence-electron chi connectivity index (χ1n) is 13.0. The van der Waals surface area contributed by atoms with Crippen molar-refractivity contribution in [1.29, 1.82) is 0 Å². The quantitative estimate of drug-likeness (QED) is 0.159. The third-order valence-electron chi connectivity index (χ3n) is 6.33. The van der Waals surface area contributed by atoms with Crippen LogP contribution in [0.15, 0.2) is 82.8 Å². The molecule has 1 heterocycles. The van der Waals surface area contributed by atoms with Crippen molar-refractivity contribution in [3.05, 3.63) is 95.1 Å². The summed E-state index contributed by atoms with van der Waals surface area (Å²) in [6, 6.07) is 22.3. The van der Waals surface area contributed by atoms with E-state index in [4.69, 9.17) is 4.74 Å². The fourth-order valence-corrected chi connectivity index (χ4v) is 5.38. The monoisotopic (exact) mass is 558 g/mol. The number of amides is 2. The van der Waals surface area contributed by atoms with Crippen molar-refractivity contribution in [2.24, 2.45) is 5.10 Å². The average molecular weight is 559 g/mol. The number of benzene rings is 3. The number of carbonyl (C=O) groups is 3. The summed E-state index contributed by atoms with van der Waals surface area (Å²) in [6.45, 7) is 6.08. The molecule has 9 heteroatoms. The van der Waals surface area contributed by atoms with Crippen LogP contribution in [0.25, 0.3) is 0 Å². The van der Waals surface area contributed by atoms with Gasteiger partial charge in [-0.2, -0.15) is 5.10 Å². The van der Waals surface area contributed by atoms with E-state index in [0.29, 0.717) is 17.8 Å². The molecule has 1 atom stereocenters. The highest BCUT2D eigenvalue weighted by atomic mass is 32.2. The number of aryl methyl sites for hydroxylation is 1. The topological polar surface area (TPSA) is 100 Å². The Morgan fingerprint density at radius 1 is 1.07 bits per heavy atom. The van der Waals surface area contributed by atoms with E-state index in [1.807, 2.05) is 80.3 Å². The summed E-state index contributed by atoms with van der Waals surface area (Å²) in [6.07, 6.45) is 1.77. The number of carbonyl (C=O) groups excluding carboxylic acids is 3. The molecule has 0 aliphatic carbocycles. The van der Waals surface area contributed by atoms with Gasteiger partial charge in [0, 0.05) is 27.4 Å². The minimum Gasteiger partial charge on any atom is -0.465 e. The number of anilines is 1. The maximum Gasteiger partial charge on any atom is 0.337 e. The van der Waals surface area contributed by atoms with Gasteiger partial charge in [-0.05, 0) is 68.7 Å². The minimum absolute atomic E-state index is 0.347. The number of nitrogens with zero attached hydrogens (tertiary/aromatic N) is 2. The third kappa shape index (κ3) is 7.30. The Morgan fingerprint density at radius 2 is 1.80 bits per heavy atom. The zero-order chi connectivity index (χ0) is 28.7. The highest BCUT2D eigenvalue weighted by molar-refractivity contribution is 7.99. The summed E-state index contributed by atoms with van der Waals surface area (Å²) < 4.78 is 4.76. The minimum atomic E-state index is -0.484. The Bertz CT molecular complexity index is 1380. The number of nitrogens with one attached hydrogen (secondary N) is 2. The highest BCUT2D eigenvalue weighted by Gasteiger charge is 2.32. The normalized spacial score (nSPS) is 14.4. The first-order valence-corrected chi connectivity index (χ1v) is 14.0. The van der Waals surface area contributed by atoms with Gasteiger partial charge in [-0.1, -0.05) is 42.5 Å². The van der Waals surface area contributed by atoms with Crippen molar-refractivity contribution in [2.75, 3.05) is 24.3 Å². The fraction of sp³-hybridized carbons (Fsp3) is 0.290. The fourth-order valence-electron chi connectivity index (χ4n) is 4.44. The van der Waals surface area contributed by atoms with E-state index in [1.165, 1.54) is 7.11 Å². The van der Waals surface area contributed by atoms with Gasteiger partial charge in [-0.25, -0.2) is 15.0 Å². The summed E-state index contributed by atoms with van der Waals surface area (Å²) >= 11 is 1.71. The predicted octanol–water partition coefficient (Wildman–Crippen LogP) is 5.37. The molecule has 40 heavy (non-hydrogen) atoms. The molecular formula is C31H34N4O4S. The van der Waals surface area contributed by atoms with Crippen LogP contribution in [0.5, 0.6) is 0 Å². The third-order valence-corrected chi connectivity index (χ3v) is 7.33. The van der Waals surface area contributed by atoms with Crippen molar-refractivity contribution in [1.82, 2.24) is 10.7 Å². The summed E-state index contributed by atoms with van der Waals surface area (Å²) in [7, 11) is 1.37. The largest absolute Gasteiger partial charge is 0.465 e. The molecule has 1 unspecified atom stereocenters. The van der Waals surface area contributed by atoms with Crippen LogP contribution in [-0.4, -0.2) is 48.9 Å². The van der Waals surface area contributed by atoms with Crippen LogP contribution in [0.3, 0.4) is 0 Å². The van der Waals surface area contributed by atoms with Crippen LogP contribution >= 0.6 is 11.8 Å². The molecule has 3 aromatic rings. The van der Waals surface area contributed by atoms with Gasteiger partial charge in [0.15, 0.2) is 0 Å². The van der Waals surface area contributed by atoms with Gasteiger partial charge in [0.25, 0.3) is 0 Å². The van der Waals surface area contributed by atoms with Crippen LogP contribution in [-0.2, 0) is 16.0 Å². The second kappa shape index (κ2) is 12.8. The van der Waals surface area contributed by atoms with Crippen molar-refractivity contribution < 1.29 is 19.1 Å². The first kappa shape index (κ1) is 28.9. The molecule has 0 saturated heterocycles. The number of hydrazone groups is 1. The van der Waals surface area contributed by atoms with Gasteiger partial charge in [0.1, 0.15) is 12.3 Å². The van der Waals surface area contributed by atoms with Gasteiger partial charge < -0.3 is 19.7 Å². The van der Waals surface area contributed by atoms with Crippen LogP contribution in [0, 0.1) is 0 Å². The molecule has 0 bridgehead atoms. The Labute approximate surface area is 239 Å². The number of methoxy groups -OCH3 is 1. The Balaban J connectivity index is 1.53. The summed E-state index contributed by atoms with van der Waals surface area (Å²) in [4.78, 5) is 39.4. The maximum absolute atomic E-state index is 12.4. The molecule has 0 radical (unpaired) electrons. The Kier molecular flexibility index (Phi) is 9.26. The maximum atomic E-state index is 12.4. The lowest BCUT2D eigenvalue weighted by atomic mass is 10.1. The Morgan fingerprint density at radius 3 is 2.45 bits per heavy atom. The van der Waals surface area contributed by atoms with Gasteiger partial charge in [-0.15, -0.1) is 11.8 Å². The lowest BCUT2D eigenvalue weighted by molar-refractivity contribution is -0.109. The molecule has 1 aliphatic rings. The van der Waals surface area contributed by atoms with Crippen molar-refractivity contribution in [2.45, 2.75) is 43.7 Å². The Hall–Kier alpha value is -4.11. The zero-order valence-electron chi connectivity index (χ0n) is 23.1. The van der Waals surface area contributed by atoms with E-state index in [0.717, 1.165) is 45.7 Å². The van der Waals surface area contributed by atoms with E-state index < -0.39 is 17.6 Å². The standard InChI is InChI=1S/C31H34N4O4S/c1-31(2,3)32-30(38)34-33-26-19-35(28(20-36)22-8-6-5-7-9-22)27-15-14-24(18-25(26)27)40-17-16-21-10-12-23(13-11-21)29(37)39-4/h5-15,18,20,28H,16-17,19H2,1-4H3,(H2,32,34,38). The molecule has 1 aliphatic heterocycles. The van der Waals surface area contributed by atoms with Crippen LogP contribution in [0.1, 0.15) is 53.9 Å². The summed E-state index contributed by atoms with van der Waals surface area (Å²) in [5.74, 6) is 0.486. The smallest absolute Gasteiger partial charge is 0.337 e. The highest BCUT2D eigenvalue weighted by Crippen LogP contribution is 2.37. The lowest BCUT2D eigenvalue weighted by Gasteiger charge is -2.26. The van der Waals surface area contributed by atoms with Crippen LogP contribution in [0.4, 0.5) is 10.5 Å². The zero-order valence-corrected chi connectivity index (χ0v) is 24.0. The van der Waals surface area contributed by atoms with Crippen LogP contribution in [0.2, 0.25) is 0 Å². The van der Waals surface area contributed by atoms with Gasteiger partial charge in [-0.3, -0.25) is 0 Å². The number of urea groups is 1. The van der Waals surface area contributed by atoms with Crippen molar-refractivity contribution >= 4 is 41.4 Å². The molecule has 0 saturated carbocycles. The SMILES string of the molecule is COC(=O)c1ccc(CCSc2ccc3c(c2)C(=NNC(=O)NC(C)(C)C)CN3C(C=O)c2ccccc2)cc1. The second-order valence-corrected chi connectivity index (χ2v) is 11.6. The van der Waals surface area contributed by atoms with Gasteiger partial charge >= 0.3 is 12.0 Å². The number of rotatable bonds is 9. The number of fused-ring (bicyclic) bond motifs is 1. The predicted molar refractivity (Wildman–Crippen MR) is 159 cm³/mol.